The van der Waals surface area contributed by atoms with Crippen LogP contribution in [-0.2, 0) is 6.54 Å². The van der Waals surface area contributed by atoms with E-state index >= 15 is 0 Å². The number of nitriles is 1. The molecular weight excluding hydrogens is 268 g/mol. The van der Waals surface area contributed by atoms with Gasteiger partial charge in [-0.1, -0.05) is 0 Å². The van der Waals surface area contributed by atoms with Gasteiger partial charge in [-0.2, -0.15) is 5.26 Å². The zero-order valence-corrected chi connectivity index (χ0v) is 11.7. The molecule has 106 valence electrons. The van der Waals surface area contributed by atoms with E-state index in [1.54, 1.807) is 20.0 Å². The molecule has 0 aliphatic heterocycles. The third kappa shape index (κ3) is 3.15. The number of carbonyl (C=O) groups excluding carboxylic acids is 1. The molecule has 0 spiro atoms. The molecule has 0 aliphatic carbocycles. The van der Waals surface area contributed by atoms with Gasteiger partial charge in [0.25, 0.3) is 5.91 Å². The molecule has 2 rings (SSSR count). The third-order valence-corrected chi connectivity index (χ3v) is 3.18. The van der Waals surface area contributed by atoms with Gasteiger partial charge in [0, 0.05) is 29.2 Å². The minimum absolute atomic E-state index is 0.0296. The van der Waals surface area contributed by atoms with Crippen molar-refractivity contribution in [1.82, 2.24) is 15.3 Å². The summed E-state index contributed by atoms with van der Waals surface area (Å²) in [6, 6.07) is 4.90. The first-order valence-electron chi connectivity index (χ1n) is 6.35. The number of hydrogen-bond donors (Lipinski definition) is 2. The molecule has 2 aromatic heterocycles. The lowest BCUT2D eigenvalue weighted by Gasteiger charge is -2.08. The van der Waals surface area contributed by atoms with Crippen LogP contribution in [0.5, 0.6) is 0 Å². The molecule has 0 saturated carbocycles. The fraction of sp³-hybridized carbons (Fsp3) is 0.200. The summed E-state index contributed by atoms with van der Waals surface area (Å²) >= 11 is 0. The number of pyridine rings is 2. The summed E-state index contributed by atoms with van der Waals surface area (Å²) in [7, 11) is 0. The summed E-state index contributed by atoms with van der Waals surface area (Å²) in [5.41, 5.74) is 2.48. The quantitative estimate of drug-likeness (QED) is 0.883. The molecule has 0 fully saturated rings. The second-order valence-corrected chi connectivity index (χ2v) is 4.63. The Labute approximate surface area is 121 Å². The Bertz CT molecular complexity index is 770. The van der Waals surface area contributed by atoms with E-state index in [1.165, 1.54) is 18.3 Å². The van der Waals surface area contributed by atoms with Crippen LogP contribution in [0.15, 0.2) is 29.3 Å². The van der Waals surface area contributed by atoms with E-state index in [-0.39, 0.29) is 23.6 Å². The second kappa shape index (κ2) is 6.01. The minimum Gasteiger partial charge on any atom is -0.363 e. The van der Waals surface area contributed by atoms with Crippen molar-refractivity contribution < 1.29 is 4.79 Å². The van der Waals surface area contributed by atoms with Gasteiger partial charge in [0.05, 0.1) is 12.1 Å². The first-order valence-corrected chi connectivity index (χ1v) is 6.35. The van der Waals surface area contributed by atoms with E-state index in [0.29, 0.717) is 22.4 Å². The van der Waals surface area contributed by atoms with Gasteiger partial charge in [0.2, 0.25) is 0 Å². The number of aromatic amines is 1. The molecule has 2 heterocycles. The van der Waals surface area contributed by atoms with Gasteiger partial charge in [-0.25, -0.2) is 4.98 Å². The molecule has 0 unspecified atom stereocenters. The van der Waals surface area contributed by atoms with Crippen molar-refractivity contribution >= 4 is 5.91 Å². The summed E-state index contributed by atoms with van der Waals surface area (Å²) in [5.74, 6) is -0.312. The maximum Gasteiger partial charge on any atom is 0.253 e. The van der Waals surface area contributed by atoms with Crippen LogP contribution < -0.4 is 10.7 Å². The van der Waals surface area contributed by atoms with Gasteiger partial charge >= 0.3 is 0 Å². The Hall–Kier alpha value is -2.94. The van der Waals surface area contributed by atoms with E-state index in [4.69, 9.17) is 5.26 Å². The van der Waals surface area contributed by atoms with Crippen molar-refractivity contribution in [1.29, 1.82) is 5.26 Å². The highest BCUT2D eigenvalue weighted by atomic mass is 16.1. The van der Waals surface area contributed by atoms with Gasteiger partial charge < -0.3 is 10.3 Å². The molecule has 0 radical (unpaired) electrons. The first kappa shape index (κ1) is 14.5. The number of carbonyl (C=O) groups is 1. The van der Waals surface area contributed by atoms with Gasteiger partial charge in [-0.15, -0.1) is 0 Å². The van der Waals surface area contributed by atoms with Crippen LogP contribution in [0.2, 0.25) is 0 Å². The number of nitrogens with one attached hydrogen (secondary N) is 2. The third-order valence-electron chi connectivity index (χ3n) is 3.18. The molecular formula is C15H14N4O2. The van der Waals surface area contributed by atoms with E-state index in [0.717, 1.165) is 0 Å². The first-order chi connectivity index (χ1) is 10.0. The lowest BCUT2D eigenvalue weighted by molar-refractivity contribution is 0.0950. The topological polar surface area (TPSA) is 98.6 Å². The molecule has 0 bridgehead atoms. The number of nitrogens with zero attached hydrogens (tertiary/aromatic N) is 2. The number of hydrogen-bond acceptors (Lipinski definition) is 4. The van der Waals surface area contributed by atoms with Crippen LogP contribution in [0, 0.1) is 25.2 Å². The molecule has 6 nitrogen and oxygen atoms in total. The second-order valence-electron chi connectivity index (χ2n) is 4.63. The fourth-order valence-corrected chi connectivity index (χ4v) is 1.85. The summed E-state index contributed by atoms with van der Waals surface area (Å²) in [5, 5.41) is 11.4. The molecule has 0 aliphatic rings. The molecule has 0 aromatic carbocycles. The van der Waals surface area contributed by atoms with Crippen LogP contribution in [0.4, 0.5) is 0 Å². The predicted molar refractivity (Wildman–Crippen MR) is 76.7 cm³/mol. The lowest BCUT2D eigenvalue weighted by atomic mass is 10.1. The molecule has 6 heteroatoms. The normalized spacial score (nSPS) is 9.95. The maximum absolute atomic E-state index is 12.0. The van der Waals surface area contributed by atoms with Crippen LogP contribution in [0.1, 0.15) is 32.9 Å². The smallest absolute Gasteiger partial charge is 0.253 e. The van der Waals surface area contributed by atoms with Crippen molar-refractivity contribution in [2.45, 2.75) is 20.4 Å². The highest BCUT2D eigenvalue weighted by Crippen LogP contribution is 2.03. The van der Waals surface area contributed by atoms with Crippen molar-refractivity contribution in [3.8, 4) is 6.07 Å². The summed E-state index contributed by atoms with van der Waals surface area (Å²) < 4.78 is 0. The number of H-pyrrole nitrogens is 1. The van der Waals surface area contributed by atoms with Gasteiger partial charge in [0.1, 0.15) is 11.8 Å². The fourth-order valence-electron chi connectivity index (χ4n) is 1.85. The summed E-state index contributed by atoms with van der Waals surface area (Å²) in [6.07, 6.45) is 2.97. The van der Waals surface area contributed by atoms with Gasteiger partial charge in [-0.3, -0.25) is 9.59 Å². The number of aryl methyl sites for hydroxylation is 1. The van der Waals surface area contributed by atoms with E-state index in [2.05, 4.69) is 15.3 Å². The molecule has 1 amide bonds. The van der Waals surface area contributed by atoms with Gasteiger partial charge in [-0.05, 0) is 26.0 Å². The maximum atomic E-state index is 12.0. The minimum atomic E-state index is -0.312. The SMILES string of the molecule is Cc1c[nH]c(CNC(=O)c2ccc(C#N)nc2)c(C)c1=O. The highest BCUT2D eigenvalue weighted by molar-refractivity contribution is 5.93. The summed E-state index contributed by atoms with van der Waals surface area (Å²) in [6.45, 7) is 3.67. The van der Waals surface area contributed by atoms with E-state index in [1.807, 2.05) is 6.07 Å². The summed E-state index contributed by atoms with van der Waals surface area (Å²) in [4.78, 5) is 30.6. The van der Waals surface area contributed by atoms with Gasteiger partial charge in [0.15, 0.2) is 5.43 Å². The monoisotopic (exact) mass is 282 g/mol. The van der Waals surface area contributed by atoms with Crippen LogP contribution in [0.25, 0.3) is 0 Å². The van der Waals surface area contributed by atoms with E-state index < -0.39 is 0 Å². The Morgan fingerprint density at radius 1 is 1.43 bits per heavy atom. The van der Waals surface area contributed by atoms with Crippen molar-refractivity contribution in [2.75, 3.05) is 0 Å². The van der Waals surface area contributed by atoms with Crippen molar-refractivity contribution in [2.24, 2.45) is 0 Å². The average Bonchev–Trinajstić information content (AvgIpc) is 2.52. The predicted octanol–water partition coefficient (Wildman–Crippen LogP) is 1.19. The van der Waals surface area contributed by atoms with Crippen LogP contribution in [0.3, 0.4) is 0 Å². The zero-order chi connectivity index (χ0) is 15.4. The van der Waals surface area contributed by atoms with Crippen molar-refractivity contribution in [3.05, 3.63) is 62.8 Å². The van der Waals surface area contributed by atoms with Crippen molar-refractivity contribution in [3.63, 3.8) is 0 Å². The zero-order valence-electron chi connectivity index (χ0n) is 11.7. The number of amides is 1. The van der Waals surface area contributed by atoms with Crippen LogP contribution >= 0.6 is 0 Å². The molecule has 2 aromatic rings. The average molecular weight is 282 g/mol. The Kier molecular flexibility index (Phi) is 4.14. The Morgan fingerprint density at radius 3 is 2.81 bits per heavy atom. The Balaban J connectivity index is 2.09. The van der Waals surface area contributed by atoms with Crippen LogP contribution in [-0.4, -0.2) is 15.9 Å². The van der Waals surface area contributed by atoms with E-state index in [9.17, 15) is 9.59 Å². The lowest BCUT2D eigenvalue weighted by Crippen LogP contribution is -2.25. The molecule has 0 saturated heterocycles. The molecule has 0 atom stereocenters. The Morgan fingerprint density at radius 2 is 2.19 bits per heavy atom. The number of rotatable bonds is 3. The highest BCUT2D eigenvalue weighted by Gasteiger charge is 2.09. The largest absolute Gasteiger partial charge is 0.363 e. The standard InChI is InChI=1S/C15H14N4O2/c1-9-6-18-13(10(2)14(9)20)8-19-15(21)11-3-4-12(5-16)17-7-11/h3-4,6-7H,8H2,1-2H3,(H,18,20)(H,19,21). The molecule has 21 heavy (non-hydrogen) atoms. The molecule has 2 N–H and O–H groups in total. The number of aromatic nitrogens is 2.